The van der Waals surface area contributed by atoms with Crippen molar-refractivity contribution in [2.75, 3.05) is 20.2 Å². The summed E-state index contributed by atoms with van der Waals surface area (Å²) in [7, 11) is 2.19. The molecule has 0 radical (unpaired) electrons. The van der Waals surface area contributed by atoms with Gasteiger partial charge in [0.05, 0.1) is 11.6 Å². The Morgan fingerprint density at radius 3 is 2.84 bits per heavy atom. The lowest BCUT2D eigenvalue weighted by Crippen LogP contribution is -2.36. The lowest BCUT2D eigenvalue weighted by molar-refractivity contribution is 0.160. The molecule has 0 saturated heterocycles. The van der Waals surface area contributed by atoms with Crippen molar-refractivity contribution in [2.45, 2.75) is 38.1 Å². The maximum atomic E-state index is 8.83. The van der Waals surface area contributed by atoms with E-state index in [-0.39, 0.29) is 0 Å². The van der Waals surface area contributed by atoms with Gasteiger partial charge in [0.1, 0.15) is 12.4 Å². The minimum atomic E-state index is 0.651. The highest BCUT2D eigenvalue weighted by Gasteiger charge is 2.17. The fourth-order valence-corrected chi connectivity index (χ4v) is 2.67. The predicted octanol–water partition coefficient (Wildman–Crippen LogP) is 3.20. The fraction of sp³-hybridized carbons (Fsp3) is 0.562. The standard InChI is InChI=1S/C16H22N2O/c1-18(15-7-3-2-4-8-15)10-11-19-16-9-5-6-14(12-16)13-17/h5-6,9,12,15H,2-4,7-8,10-11H2,1H3. The van der Waals surface area contributed by atoms with Gasteiger partial charge in [-0.1, -0.05) is 25.3 Å². The van der Waals surface area contributed by atoms with Gasteiger partial charge in [-0.25, -0.2) is 0 Å². The predicted molar refractivity (Wildman–Crippen MR) is 76.2 cm³/mol. The van der Waals surface area contributed by atoms with Crippen molar-refractivity contribution in [3.05, 3.63) is 29.8 Å². The van der Waals surface area contributed by atoms with Gasteiger partial charge in [-0.05, 0) is 38.1 Å². The van der Waals surface area contributed by atoms with Crippen molar-refractivity contribution < 1.29 is 4.74 Å². The molecule has 1 saturated carbocycles. The molecule has 0 atom stereocenters. The zero-order valence-corrected chi connectivity index (χ0v) is 11.6. The van der Waals surface area contributed by atoms with Crippen LogP contribution < -0.4 is 4.74 Å². The topological polar surface area (TPSA) is 36.3 Å². The Kier molecular flexibility index (Phi) is 5.23. The van der Waals surface area contributed by atoms with E-state index in [9.17, 15) is 0 Å². The smallest absolute Gasteiger partial charge is 0.120 e. The third kappa shape index (κ3) is 4.25. The van der Waals surface area contributed by atoms with Crippen molar-refractivity contribution in [3.63, 3.8) is 0 Å². The van der Waals surface area contributed by atoms with E-state index in [1.54, 1.807) is 12.1 Å². The second-order valence-electron chi connectivity index (χ2n) is 5.26. The first-order valence-corrected chi connectivity index (χ1v) is 7.13. The number of likely N-dealkylation sites (N-methyl/N-ethyl adjacent to an activating group) is 1. The van der Waals surface area contributed by atoms with Crippen LogP contribution in [0.25, 0.3) is 0 Å². The molecule has 1 fully saturated rings. The zero-order chi connectivity index (χ0) is 13.5. The zero-order valence-electron chi connectivity index (χ0n) is 11.6. The molecule has 1 aliphatic carbocycles. The number of nitriles is 1. The van der Waals surface area contributed by atoms with Crippen LogP contribution in [0.5, 0.6) is 5.75 Å². The summed E-state index contributed by atoms with van der Waals surface area (Å²) in [6.07, 6.45) is 6.75. The van der Waals surface area contributed by atoms with Crippen LogP contribution in [0.1, 0.15) is 37.7 Å². The molecule has 102 valence electrons. The molecule has 0 amide bonds. The SMILES string of the molecule is CN(CCOc1cccc(C#N)c1)C1CCCCC1. The summed E-state index contributed by atoms with van der Waals surface area (Å²) in [5, 5.41) is 8.83. The van der Waals surface area contributed by atoms with Crippen LogP contribution in [0.15, 0.2) is 24.3 Å². The molecule has 1 aliphatic rings. The highest BCUT2D eigenvalue weighted by molar-refractivity contribution is 5.36. The molecule has 0 spiro atoms. The maximum Gasteiger partial charge on any atom is 0.120 e. The number of hydrogen-bond donors (Lipinski definition) is 0. The summed E-state index contributed by atoms with van der Waals surface area (Å²) in [5.41, 5.74) is 0.651. The Morgan fingerprint density at radius 2 is 2.11 bits per heavy atom. The number of benzene rings is 1. The van der Waals surface area contributed by atoms with E-state index < -0.39 is 0 Å². The Balaban J connectivity index is 1.74. The molecule has 1 aromatic carbocycles. The van der Waals surface area contributed by atoms with Gasteiger partial charge in [-0.3, -0.25) is 0 Å². The Labute approximate surface area is 115 Å². The van der Waals surface area contributed by atoms with Crippen LogP contribution in [0.2, 0.25) is 0 Å². The highest BCUT2D eigenvalue weighted by Crippen LogP contribution is 2.21. The molecule has 2 rings (SSSR count). The molecule has 1 aromatic rings. The summed E-state index contributed by atoms with van der Waals surface area (Å²) >= 11 is 0. The lowest BCUT2D eigenvalue weighted by atomic mass is 9.94. The summed E-state index contributed by atoms with van der Waals surface area (Å²) in [5.74, 6) is 0.788. The molecule has 0 heterocycles. The first kappa shape index (κ1) is 13.9. The third-order valence-corrected chi connectivity index (χ3v) is 3.87. The maximum absolute atomic E-state index is 8.83. The molecule has 0 aliphatic heterocycles. The summed E-state index contributed by atoms with van der Waals surface area (Å²) < 4.78 is 5.72. The average Bonchev–Trinajstić information content (AvgIpc) is 2.48. The lowest BCUT2D eigenvalue weighted by Gasteiger charge is -2.31. The molecular weight excluding hydrogens is 236 g/mol. The largest absolute Gasteiger partial charge is 0.492 e. The van der Waals surface area contributed by atoms with Crippen molar-refractivity contribution >= 4 is 0 Å². The van der Waals surface area contributed by atoms with Crippen LogP contribution >= 0.6 is 0 Å². The van der Waals surface area contributed by atoms with Gasteiger partial charge >= 0.3 is 0 Å². The van der Waals surface area contributed by atoms with E-state index in [4.69, 9.17) is 10.00 Å². The summed E-state index contributed by atoms with van der Waals surface area (Å²) in [6.45, 7) is 1.63. The fourth-order valence-electron chi connectivity index (χ4n) is 2.67. The van der Waals surface area contributed by atoms with Gasteiger partial charge in [-0.2, -0.15) is 5.26 Å². The molecule has 0 unspecified atom stereocenters. The molecule has 0 N–H and O–H groups in total. The first-order chi connectivity index (χ1) is 9.29. The third-order valence-electron chi connectivity index (χ3n) is 3.87. The normalized spacial score (nSPS) is 16.3. The van der Waals surface area contributed by atoms with Crippen molar-refractivity contribution in [3.8, 4) is 11.8 Å². The molecule has 0 bridgehead atoms. The highest BCUT2D eigenvalue weighted by atomic mass is 16.5. The van der Waals surface area contributed by atoms with Crippen LogP contribution in [-0.4, -0.2) is 31.1 Å². The van der Waals surface area contributed by atoms with E-state index in [1.165, 1.54) is 32.1 Å². The quantitative estimate of drug-likeness (QED) is 0.813. The number of nitrogens with zero attached hydrogens (tertiary/aromatic N) is 2. The Hall–Kier alpha value is -1.53. The molecular formula is C16H22N2O. The van der Waals surface area contributed by atoms with Gasteiger partial charge < -0.3 is 9.64 Å². The van der Waals surface area contributed by atoms with Gasteiger partial charge in [-0.15, -0.1) is 0 Å². The van der Waals surface area contributed by atoms with Crippen molar-refractivity contribution in [2.24, 2.45) is 0 Å². The van der Waals surface area contributed by atoms with Crippen LogP contribution in [0.4, 0.5) is 0 Å². The van der Waals surface area contributed by atoms with Crippen LogP contribution in [0.3, 0.4) is 0 Å². The van der Waals surface area contributed by atoms with Crippen molar-refractivity contribution in [1.82, 2.24) is 4.90 Å². The number of ether oxygens (including phenoxy) is 1. The first-order valence-electron chi connectivity index (χ1n) is 7.13. The molecule has 3 heteroatoms. The average molecular weight is 258 g/mol. The van der Waals surface area contributed by atoms with E-state index >= 15 is 0 Å². The Bertz CT molecular complexity index is 433. The number of hydrogen-bond acceptors (Lipinski definition) is 3. The van der Waals surface area contributed by atoms with E-state index in [1.807, 2.05) is 12.1 Å². The minimum absolute atomic E-state index is 0.651. The van der Waals surface area contributed by atoms with Crippen LogP contribution in [0, 0.1) is 11.3 Å². The minimum Gasteiger partial charge on any atom is -0.492 e. The van der Waals surface area contributed by atoms with Gasteiger partial charge in [0, 0.05) is 12.6 Å². The van der Waals surface area contributed by atoms with Crippen LogP contribution in [-0.2, 0) is 0 Å². The molecule has 3 nitrogen and oxygen atoms in total. The van der Waals surface area contributed by atoms with E-state index in [0.29, 0.717) is 12.2 Å². The second-order valence-corrected chi connectivity index (χ2v) is 5.26. The number of rotatable bonds is 5. The van der Waals surface area contributed by atoms with E-state index in [0.717, 1.165) is 18.3 Å². The summed E-state index contributed by atoms with van der Waals surface area (Å²) in [6, 6.07) is 10.2. The monoisotopic (exact) mass is 258 g/mol. The molecule has 19 heavy (non-hydrogen) atoms. The van der Waals surface area contributed by atoms with Gasteiger partial charge in [0.15, 0.2) is 0 Å². The van der Waals surface area contributed by atoms with Crippen molar-refractivity contribution in [1.29, 1.82) is 5.26 Å². The molecule has 0 aromatic heterocycles. The van der Waals surface area contributed by atoms with E-state index in [2.05, 4.69) is 18.0 Å². The Morgan fingerprint density at radius 1 is 1.32 bits per heavy atom. The summed E-state index contributed by atoms with van der Waals surface area (Å²) in [4.78, 5) is 2.41. The van der Waals surface area contributed by atoms with Gasteiger partial charge in [0.2, 0.25) is 0 Å². The van der Waals surface area contributed by atoms with Gasteiger partial charge in [0.25, 0.3) is 0 Å². The second kappa shape index (κ2) is 7.16.